The molecule has 0 bridgehead atoms. The van der Waals surface area contributed by atoms with E-state index >= 15 is 0 Å². The minimum Gasteiger partial charge on any atom is -0.330 e. The van der Waals surface area contributed by atoms with Crippen molar-refractivity contribution in [3.63, 3.8) is 0 Å². The van der Waals surface area contributed by atoms with Crippen LogP contribution >= 0.6 is 11.6 Å². The van der Waals surface area contributed by atoms with Gasteiger partial charge in [0.05, 0.1) is 0 Å². The van der Waals surface area contributed by atoms with E-state index in [0.29, 0.717) is 28.5 Å². The number of nitrogens with zero attached hydrogens (tertiary/aromatic N) is 1. The third kappa shape index (κ3) is 5.60. The van der Waals surface area contributed by atoms with Gasteiger partial charge in [-0.25, -0.2) is 0 Å². The Morgan fingerprint density at radius 1 is 1.00 bits per heavy atom. The molecule has 0 saturated carbocycles. The fourth-order valence-corrected chi connectivity index (χ4v) is 2.54. The van der Waals surface area contributed by atoms with Gasteiger partial charge in [-0.1, -0.05) is 17.7 Å². The molecule has 0 aliphatic rings. The van der Waals surface area contributed by atoms with Crippen LogP contribution in [0.1, 0.15) is 24.2 Å². The van der Waals surface area contributed by atoms with Gasteiger partial charge in [-0.2, -0.15) is 0 Å². The highest BCUT2D eigenvalue weighted by molar-refractivity contribution is 6.31. The van der Waals surface area contributed by atoms with Crippen molar-refractivity contribution in [2.24, 2.45) is 0 Å². The third-order valence-electron chi connectivity index (χ3n) is 3.56. The summed E-state index contributed by atoms with van der Waals surface area (Å²) in [5.41, 5.74) is 1.66. The number of hydrogen-bond acceptors (Lipinski definition) is 3. The normalized spacial score (nSPS) is 10.1. The zero-order chi connectivity index (χ0) is 19.1. The topological polar surface area (TPSA) is 78.5 Å². The van der Waals surface area contributed by atoms with Gasteiger partial charge >= 0.3 is 0 Å². The van der Waals surface area contributed by atoms with Gasteiger partial charge in [-0.3, -0.25) is 14.4 Å². The first kappa shape index (κ1) is 19.5. The Balaban J connectivity index is 1.98. The summed E-state index contributed by atoms with van der Waals surface area (Å²) in [7, 11) is 0. The van der Waals surface area contributed by atoms with Crippen LogP contribution in [-0.2, 0) is 9.59 Å². The predicted octanol–water partition coefficient (Wildman–Crippen LogP) is 3.40. The molecule has 0 radical (unpaired) electrons. The Morgan fingerprint density at radius 2 is 1.62 bits per heavy atom. The summed E-state index contributed by atoms with van der Waals surface area (Å²) >= 11 is 5.92. The van der Waals surface area contributed by atoms with Crippen molar-refractivity contribution < 1.29 is 14.4 Å². The zero-order valence-corrected chi connectivity index (χ0v) is 15.3. The molecule has 7 heteroatoms. The fraction of sp³-hybridized carbons (Fsp3) is 0.211. The summed E-state index contributed by atoms with van der Waals surface area (Å²) in [5, 5.41) is 5.85. The summed E-state index contributed by atoms with van der Waals surface area (Å²) in [6.07, 6.45) is 0. The number of rotatable bonds is 6. The number of halogens is 1. The summed E-state index contributed by atoms with van der Waals surface area (Å²) in [6, 6.07) is 13.3. The second-order valence-corrected chi connectivity index (χ2v) is 6.07. The van der Waals surface area contributed by atoms with E-state index in [9.17, 15) is 14.4 Å². The van der Waals surface area contributed by atoms with Crippen LogP contribution in [0, 0.1) is 0 Å². The molecule has 3 amide bonds. The Bertz CT molecular complexity index is 806. The maximum atomic E-state index is 12.5. The van der Waals surface area contributed by atoms with Crippen molar-refractivity contribution >= 4 is 40.7 Å². The standard InChI is InChI=1S/C19H20ClN3O3/c1-3-23(19(26)14-5-4-6-15(20)11-14)12-18(25)22-17-9-7-16(8-10-17)21-13(2)24/h4-11H,3,12H2,1-2H3,(H,21,24)(H,22,25). The average Bonchev–Trinajstić information content (AvgIpc) is 2.60. The second-order valence-electron chi connectivity index (χ2n) is 5.64. The molecule has 0 spiro atoms. The van der Waals surface area contributed by atoms with Crippen LogP contribution in [0.5, 0.6) is 0 Å². The molecule has 0 saturated heterocycles. The van der Waals surface area contributed by atoms with Gasteiger partial charge < -0.3 is 15.5 Å². The summed E-state index contributed by atoms with van der Waals surface area (Å²) in [5.74, 6) is -0.736. The Labute approximate surface area is 157 Å². The van der Waals surface area contributed by atoms with Gasteiger partial charge in [0.2, 0.25) is 11.8 Å². The molecule has 0 atom stereocenters. The van der Waals surface area contributed by atoms with E-state index in [-0.39, 0.29) is 24.3 Å². The lowest BCUT2D eigenvalue weighted by Gasteiger charge is -2.20. The number of anilines is 2. The van der Waals surface area contributed by atoms with E-state index in [2.05, 4.69) is 10.6 Å². The molecule has 0 aliphatic carbocycles. The van der Waals surface area contributed by atoms with Gasteiger partial charge in [-0.15, -0.1) is 0 Å². The number of nitrogens with one attached hydrogen (secondary N) is 2. The highest BCUT2D eigenvalue weighted by Crippen LogP contribution is 2.15. The van der Waals surface area contributed by atoms with Crippen LogP contribution in [0.2, 0.25) is 5.02 Å². The summed E-state index contributed by atoms with van der Waals surface area (Å²) < 4.78 is 0. The smallest absolute Gasteiger partial charge is 0.254 e. The van der Waals surface area contributed by atoms with E-state index in [1.807, 2.05) is 0 Å². The number of carbonyl (C=O) groups excluding carboxylic acids is 3. The van der Waals surface area contributed by atoms with E-state index in [1.165, 1.54) is 11.8 Å². The molecule has 2 N–H and O–H groups in total. The van der Waals surface area contributed by atoms with Crippen LogP contribution in [0.3, 0.4) is 0 Å². The van der Waals surface area contributed by atoms with Crippen LogP contribution in [0.4, 0.5) is 11.4 Å². The molecule has 26 heavy (non-hydrogen) atoms. The monoisotopic (exact) mass is 373 g/mol. The van der Waals surface area contributed by atoms with Crippen molar-refractivity contribution in [2.45, 2.75) is 13.8 Å². The van der Waals surface area contributed by atoms with Crippen molar-refractivity contribution in [3.05, 3.63) is 59.1 Å². The number of benzene rings is 2. The molecule has 0 aliphatic heterocycles. The van der Waals surface area contributed by atoms with Crippen LogP contribution in [0.15, 0.2) is 48.5 Å². The Kier molecular flexibility index (Phi) is 6.74. The first-order chi connectivity index (χ1) is 12.4. The Morgan fingerprint density at radius 3 is 2.15 bits per heavy atom. The summed E-state index contributed by atoms with van der Waals surface area (Å²) in [6.45, 7) is 3.54. The lowest BCUT2D eigenvalue weighted by molar-refractivity contribution is -0.117. The van der Waals surface area contributed by atoms with E-state index in [4.69, 9.17) is 11.6 Å². The molecule has 6 nitrogen and oxygen atoms in total. The van der Waals surface area contributed by atoms with Gasteiger partial charge in [0, 0.05) is 35.4 Å². The molecule has 2 rings (SSSR count). The molecule has 0 heterocycles. The SMILES string of the molecule is CCN(CC(=O)Nc1ccc(NC(C)=O)cc1)C(=O)c1cccc(Cl)c1. The van der Waals surface area contributed by atoms with Crippen molar-refractivity contribution in [3.8, 4) is 0 Å². The molecule has 2 aromatic carbocycles. The first-order valence-corrected chi connectivity index (χ1v) is 8.49. The number of amides is 3. The number of carbonyl (C=O) groups is 3. The molecular weight excluding hydrogens is 354 g/mol. The molecular formula is C19H20ClN3O3. The lowest BCUT2D eigenvalue weighted by Crippen LogP contribution is -2.37. The minimum absolute atomic E-state index is 0.0741. The molecule has 2 aromatic rings. The predicted molar refractivity (Wildman–Crippen MR) is 102 cm³/mol. The van der Waals surface area contributed by atoms with Gasteiger partial charge in [0.15, 0.2) is 0 Å². The second kappa shape index (κ2) is 9.01. The lowest BCUT2D eigenvalue weighted by atomic mass is 10.2. The number of likely N-dealkylation sites (N-methyl/N-ethyl adjacent to an activating group) is 1. The largest absolute Gasteiger partial charge is 0.330 e. The van der Waals surface area contributed by atoms with Crippen molar-refractivity contribution in [1.29, 1.82) is 0 Å². The van der Waals surface area contributed by atoms with Crippen LogP contribution in [0.25, 0.3) is 0 Å². The molecule has 0 fully saturated rings. The van der Waals surface area contributed by atoms with Crippen molar-refractivity contribution in [2.75, 3.05) is 23.7 Å². The van der Waals surface area contributed by atoms with Gasteiger partial charge in [0.25, 0.3) is 5.91 Å². The average molecular weight is 374 g/mol. The first-order valence-electron chi connectivity index (χ1n) is 8.11. The van der Waals surface area contributed by atoms with E-state index in [0.717, 1.165) is 0 Å². The maximum Gasteiger partial charge on any atom is 0.254 e. The molecule has 0 unspecified atom stereocenters. The quantitative estimate of drug-likeness (QED) is 0.814. The third-order valence-corrected chi connectivity index (χ3v) is 3.80. The van der Waals surface area contributed by atoms with Gasteiger partial charge in [-0.05, 0) is 49.4 Å². The maximum absolute atomic E-state index is 12.5. The molecule has 0 aromatic heterocycles. The van der Waals surface area contributed by atoms with E-state index in [1.54, 1.807) is 55.5 Å². The van der Waals surface area contributed by atoms with Gasteiger partial charge in [0.1, 0.15) is 6.54 Å². The fourth-order valence-electron chi connectivity index (χ4n) is 2.35. The Hall–Kier alpha value is -2.86. The minimum atomic E-state index is -0.311. The number of hydrogen-bond donors (Lipinski definition) is 2. The highest BCUT2D eigenvalue weighted by Gasteiger charge is 2.17. The van der Waals surface area contributed by atoms with Crippen LogP contribution < -0.4 is 10.6 Å². The van der Waals surface area contributed by atoms with Crippen molar-refractivity contribution in [1.82, 2.24) is 4.90 Å². The highest BCUT2D eigenvalue weighted by atomic mass is 35.5. The van der Waals surface area contributed by atoms with Crippen LogP contribution in [-0.4, -0.2) is 35.7 Å². The molecule has 136 valence electrons. The van der Waals surface area contributed by atoms with E-state index < -0.39 is 0 Å². The summed E-state index contributed by atoms with van der Waals surface area (Å²) in [4.78, 5) is 37.2. The zero-order valence-electron chi connectivity index (χ0n) is 14.6.